The lowest BCUT2D eigenvalue weighted by Gasteiger charge is -2.39. The molecular weight excluding hydrogens is 639 g/mol. The van der Waals surface area contributed by atoms with Crippen LogP contribution in [0, 0.1) is 23.1 Å². The summed E-state index contributed by atoms with van der Waals surface area (Å²) >= 11 is 4.56. The van der Waals surface area contributed by atoms with E-state index in [0.717, 1.165) is 23.4 Å². The van der Waals surface area contributed by atoms with Gasteiger partial charge in [-0.3, -0.25) is 4.79 Å². The molecule has 246 valence electrons. The number of nitrogens with one attached hydrogen (secondary N) is 3. The number of allylic oxidation sites excluding steroid dienone is 1. The van der Waals surface area contributed by atoms with Crippen molar-refractivity contribution in [2.75, 3.05) is 24.3 Å². The van der Waals surface area contributed by atoms with Crippen molar-refractivity contribution in [2.45, 2.75) is 68.9 Å². The predicted octanol–water partition coefficient (Wildman–Crippen LogP) is 6.21. The second kappa shape index (κ2) is 13.1. The van der Waals surface area contributed by atoms with Crippen molar-refractivity contribution >= 4 is 40.4 Å². The fourth-order valence-corrected chi connectivity index (χ4v) is 7.50. The average Bonchev–Trinajstić information content (AvgIpc) is 3.69. The zero-order valence-electron chi connectivity index (χ0n) is 26.8. The van der Waals surface area contributed by atoms with E-state index in [-0.39, 0.29) is 23.6 Å². The molecule has 9 nitrogen and oxygen atoms in total. The number of hydrogen-bond donors (Lipinski definition) is 3. The van der Waals surface area contributed by atoms with Crippen molar-refractivity contribution in [2.24, 2.45) is 5.92 Å². The standard InChI is InChI=1S/C35H38ClFN6O3S/c1-34(2,3)47(45)42-35(23-7-5-6-21(14-23)18-38)13-12-22-15-27(22)32(41-31-11-9-25(36)19-39-31)43-20-26(46-4)17-30(43)33(44)40-29-16-24(35)8-10-28(29)37/h5-11,14,16,19,22,26,30,42H,12-13,15,17,20H2,1-4H3,(H,39,41)(H,40,44)/b32-27-/t22?,26-,30-,35?,47?/m1/s1. The molecule has 2 aliphatic heterocycles. The van der Waals surface area contributed by atoms with Gasteiger partial charge in [-0.2, -0.15) is 5.26 Å². The van der Waals surface area contributed by atoms with Crippen LogP contribution in [-0.2, 0) is 26.4 Å². The topological polar surface area (TPSA) is 125 Å². The first kappa shape index (κ1) is 33.2. The van der Waals surface area contributed by atoms with Crippen molar-refractivity contribution in [1.82, 2.24) is 14.6 Å². The van der Waals surface area contributed by atoms with E-state index in [1.165, 1.54) is 6.07 Å². The number of ether oxygens (including phenoxy) is 1. The lowest BCUT2D eigenvalue weighted by Crippen LogP contribution is -2.52. The number of methoxy groups -OCH3 is 1. The molecule has 12 heteroatoms. The van der Waals surface area contributed by atoms with Crippen LogP contribution in [0.3, 0.4) is 0 Å². The molecule has 1 saturated heterocycles. The number of aromatic nitrogens is 1. The summed E-state index contributed by atoms with van der Waals surface area (Å²) in [7, 11) is 1.63. The summed E-state index contributed by atoms with van der Waals surface area (Å²) in [6.45, 7) is 6.11. The van der Waals surface area contributed by atoms with E-state index in [4.69, 9.17) is 16.3 Å². The summed E-state index contributed by atoms with van der Waals surface area (Å²) in [5.41, 5.74) is 1.88. The molecule has 2 fully saturated rings. The number of carbonyl (C=O) groups is 1. The summed E-state index contributed by atoms with van der Waals surface area (Å²) in [5, 5.41) is 16.6. The van der Waals surface area contributed by atoms with Crippen LogP contribution in [-0.4, -0.2) is 50.9 Å². The molecule has 47 heavy (non-hydrogen) atoms. The molecule has 2 aromatic carbocycles. The Morgan fingerprint density at radius 2 is 2.00 bits per heavy atom. The van der Waals surface area contributed by atoms with E-state index in [0.29, 0.717) is 47.8 Å². The highest BCUT2D eigenvalue weighted by molar-refractivity contribution is 7.90. The smallest absolute Gasteiger partial charge is 0.247 e. The van der Waals surface area contributed by atoms with E-state index in [2.05, 4.69) is 26.4 Å². The third kappa shape index (κ3) is 6.84. The van der Waals surface area contributed by atoms with Crippen LogP contribution in [0.1, 0.15) is 63.1 Å². The molecule has 6 rings (SSSR count). The van der Waals surface area contributed by atoms with Gasteiger partial charge in [0.25, 0.3) is 0 Å². The number of anilines is 2. The molecule has 0 spiro atoms. The molecule has 5 atom stereocenters. The number of hydrogen-bond acceptors (Lipinski definition) is 8. The number of nitriles is 1. The highest BCUT2D eigenvalue weighted by Gasteiger charge is 2.47. The fourth-order valence-electron chi connectivity index (χ4n) is 6.43. The van der Waals surface area contributed by atoms with Gasteiger partial charge in [0.2, 0.25) is 5.91 Å². The number of benzene rings is 2. The van der Waals surface area contributed by atoms with Gasteiger partial charge < -0.3 is 24.8 Å². The number of nitrogens with zero attached hydrogens (tertiary/aromatic N) is 3. The molecule has 1 amide bonds. The lowest BCUT2D eigenvalue weighted by atomic mass is 9.78. The molecule has 2 bridgehead atoms. The predicted molar refractivity (Wildman–Crippen MR) is 181 cm³/mol. The molecule has 1 aromatic heterocycles. The van der Waals surface area contributed by atoms with Gasteiger partial charge in [0, 0.05) is 37.6 Å². The van der Waals surface area contributed by atoms with Gasteiger partial charge in [-0.1, -0.05) is 29.8 Å². The number of halogens is 2. The molecule has 1 aliphatic carbocycles. The van der Waals surface area contributed by atoms with Gasteiger partial charge in [-0.25, -0.2) is 9.37 Å². The van der Waals surface area contributed by atoms with Crippen LogP contribution in [0.15, 0.2) is 72.2 Å². The van der Waals surface area contributed by atoms with E-state index < -0.39 is 33.5 Å². The summed E-state index contributed by atoms with van der Waals surface area (Å²) in [4.78, 5) is 20.5. The second-order valence-corrected chi connectivity index (χ2v) is 15.7. The van der Waals surface area contributed by atoms with Crippen molar-refractivity contribution in [1.29, 1.82) is 5.26 Å². The summed E-state index contributed by atoms with van der Waals surface area (Å²) in [6, 6.07) is 16.9. The summed E-state index contributed by atoms with van der Waals surface area (Å²) in [5.74, 6) is 0.531. The van der Waals surface area contributed by atoms with E-state index in [1.807, 2.05) is 31.7 Å². The summed E-state index contributed by atoms with van der Waals surface area (Å²) < 4.78 is 38.0. The number of rotatable bonds is 6. The van der Waals surface area contributed by atoms with Gasteiger partial charge in [0.1, 0.15) is 33.8 Å². The maximum Gasteiger partial charge on any atom is 0.247 e. The second-order valence-electron chi connectivity index (χ2n) is 13.3. The van der Waals surface area contributed by atoms with E-state index in [1.54, 1.807) is 55.8 Å². The number of carbonyl (C=O) groups excluding carboxylic acids is 1. The normalized spacial score (nSPS) is 26.5. The SMILES string of the molecule is CO[C@@H]1C[C@@H]2C(=O)Nc3cc(ccc3F)C(N[S+]([O-])C(C)(C)C)(c3cccc(C#N)c3)CCC3C/C3=C(\Nc3ccc(Cl)cn3)N2C1. The Kier molecular flexibility index (Phi) is 9.26. The Morgan fingerprint density at radius 1 is 1.21 bits per heavy atom. The third-order valence-electron chi connectivity index (χ3n) is 9.16. The Balaban J connectivity index is 1.51. The average molecular weight is 677 g/mol. The van der Waals surface area contributed by atoms with Crippen LogP contribution < -0.4 is 15.4 Å². The van der Waals surface area contributed by atoms with Gasteiger partial charge >= 0.3 is 0 Å². The van der Waals surface area contributed by atoms with Crippen LogP contribution in [0.25, 0.3) is 0 Å². The van der Waals surface area contributed by atoms with Gasteiger partial charge in [-0.15, -0.1) is 4.72 Å². The minimum atomic E-state index is -1.56. The van der Waals surface area contributed by atoms with Crippen LogP contribution in [0.4, 0.5) is 15.9 Å². The molecular formula is C35H38ClFN6O3S. The van der Waals surface area contributed by atoms with E-state index >= 15 is 4.39 Å². The quantitative estimate of drug-likeness (QED) is 0.264. The zero-order chi connectivity index (χ0) is 33.5. The monoisotopic (exact) mass is 676 g/mol. The number of amides is 1. The first-order valence-corrected chi connectivity index (χ1v) is 17.2. The van der Waals surface area contributed by atoms with Crippen molar-refractivity contribution in [3.8, 4) is 6.07 Å². The minimum absolute atomic E-state index is 0.0170. The van der Waals surface area contributed by atoms with Crippen LogP contribution in [0.5, 0.6) is 0 Å². The molecule has 1 saturated carbocycles. The van der Waals surface area contributed by atoms with Gasteiger partial charge in [0.05, 0.1) is 28.4 Å². The largest absolute Gasteiger partial charge is 0.598 e. The maximum absolute atomic E-state index is 15.5. The van der Waals surface area contributed by atoms with Crippen LogP contribution >= 0.6 is 11.6 Å². The van der Waals surface area contributed by atoms with Crippen molar-refractivity contribution in [3.63, 3.8) is 0 Å². The molecule has 0 radical (unpaired) electrons. The molecule has 3 N–H and O–H groups in total. The third-order valence-corrected chi connectivity index (χ3v) is 11.0. The minimum Gasteiger partial charge on any atom is -0.598 e. The molecule has 3 heterocycles. The first-order chi connectivity index (χ1) is 22.4. The van der Waals surface area contributed by atoms with Gasteiger partial charge in [-0.05, 0) is 99.0 Å². The first-order valence-electron chi connectivity index (χ1n) is 15.6. The highest BCUT2D eigenvalue weighted by atomic mass is 35.5. The molecule has 3 unspecified atom stereocenters. The lowest BCUT2D eigenvalue weighted by molar-refractivity contribution is -0.119. The maximum atomic E-state index is 15.5. The van der Waals surface area contributed by atoms with Crippen molar-refractivity contribution < 1.29 is 18.5 Å². The molecule has 3 aliphatic rings. The summed E-state index contributed by atoms with van der Waals surface area (Å²) in [6.07, 6.45) is 3.71. The van der Waals surface area contributed by atoms with Gasteiger partial charge in [0.15, 0.2) is 0 Å². The Hall–Kier alpha value is -3.66. The van der Waals surface area contributed by atoms with E-state index in [9.17, 15) is 14.6 Å². The fraction of sp³-hybridized carbons (Fsp3) is 0.400. The molecule has 3 aromatic rings. The number of fused-ring (bicyclic) bond motifs is 4. The Labute approximate surface area is 282 Å². The highest BCUT2D eigenvalue weighted by Crippen LogP contribution is 2.49. The van der Waals surface area contributed by atoms with Crippen molar-refractivity contribution in [3.05, 3.63) is 99.7 Å². The number of pyridine rings is 1. The Bertz CT molecular complexity index is 1740. The van der Waals surface area contributed by atoms with Crippen LogP contribution in [0.2, 0.25) is 5.02 Å². The zero-order valence-corrected chi connectivity index (χ0v) is 28.3. The Morgan fingerprint density at radius 3 is 2.70 bits per heavy atom.